The summed E-state index contributed by atoms with van der Waals surface area (Å²) in [6.45, 7) is 7.80. The van der Waals surface area contributed by atoms with Crippen LogP contribution in [-0.4, -0.2) is 31.1 Å². The lowest BCUT2D eigenvalue weighted by Crippen LogP contribution is -2.28. The highest BCUT2D eigenvalue weighted by molar-refractivity contribution is 6.36. The first-order chi connectivity index (χ1) is 10.7. The average molecular weight is 338 g/mol. The van der Waals surface area contributed by atoms with Gasteiger partial charge in [-0.25, -0.2) is 0 Å². The maximum absolute atomic E-state index is 6.34. The van der Waals surface area contributed by atoms with E-state index in [1.165, 1.54) is 0 Å². The van der Waals surface area contributed by atoms with Gasteiger partial charge in [-0.15, -0.1) is 0 Å². The molecule has 0 heterocycles. The van der Waals surface area contributed by atoms with Crippen molar-refractivity contribution in [3.05, 3.63) is 52.5 Å². The molecule has 0 spiro atoms. The van der Waals surface area contributed by atoms with Gasteiger partial charge in [0.15, 0.2) is 0 Å². The van der Waals surface area contributed by atoms with E-state index in [0.29, 0.717) is 22.4 Å². The van der Waals surface area contributed by atoms with Gasteiger partial charge < -0.3 is 9.64 Å². The van der Waals surface area contributed by atoms with Crippen LogP contribution in [-0.2, 0) is 0 Å². The number of rotatable bonds is 7. The predicted octanol–water partition coefficient (Wildman–Crippen LogP) is 5.38. The number of benzene rings is 2. The zero-order valence-corrected chi connectivity index (χ0v) is 14.5. The van der Waals surface area contributed by atoms with Gasteiger partial charge in [-0.3, -0.25) is 0 Å². The number of hydrogen-bond acceptors (Lipinski definition) is 2. The molecule has 0 bridgehead atoms. The van der Waals surface area contributed by atoms with Gasteiger partial charge in [-0.05, 0) is 30.8 Å². The molecule has 22 heavy (non-hydrogen) atoms. The second kappa shape index (κ2) is 8.42. The maximum Gasteiger partial charge on any atom is 0.145 e. The summed E-state index contributed by atoms with van der Waals surface area (Å²) >= 11 is 12.5. The normalized spacial score (nSPS) is 11.0. The molecule has 0 atom stereocenters. The number of likely N-dealkylation sites (N-methyl/N-ethyl adjacent to an activating group) is 1. The molecular formula is C18H21Cl2NO. The van der Waals surface area contributed by atoms with Gasteiger partial charge in [0.1, 0.15) is 12.4 Å². The Morgan fingerprint density at radius 3 is 2.32 bits per heavy atom. The molecule has 0 N–H and O–H groups in total. The van der Waals surface area contributed by atoms with Crippen molar-refractivity contribution in [3.63, 3.8) is 0 Å². The molecule has 0 aliphatic rings. The third kappa shape index (κ3) is 4.39. The molecule has 0 unspecified atom stereocenters. The van der Waals surface area contributed by atoms with Gasteiger partial charge in [-0.1, -0.05) is 67.4 Å². The zero-order valence-electron chi connectivity index (χ0n) is 13.0. The van der Waals surface area contributed by atoms with Crippen molar-refractivity contribution in [2.24, 2.45) is 0 Å². The monoisotopic (exact) mass is 337 g/mol. The quantitative estimate of drug-likeness (QED) is 0.672. The Kier molecular flexibility index (Phi) is 6.56. The number of hydrogen-bond donors (Lipinski definition) is 0. The van der Waals surface area contributed by atoms with Crippen molar-refractivity contribution in [1.29, 1.82) is 0 Å². The van der Waals surface area contributed by atoms with E-state index in [4.69, 9.17) is 27.9 Å². The smallest absolute Gasteiger partial charge is 0.145 e. The number of nitrogens with zero attached hydrogens (tertiary/aromatic N) is 1. The van der Waals surface area contributed by atoms with E-state index < -0.39 is 0 Å². The molecule has 2 aromatic carbocycles. The Bertz CT molecular complexity index is 598. The SMILES string of the molecule is CCN(CC)CCOc1c(Cl)cc(Cl)cc1-c1ccccc1. The van der Waals surface area contributed by atoms with E-state index in [1.54, 1.807) is 6.07 Å². The summed E-state index contributed by atoms with van der Waals surface area (Å²) in [5.41, 5.74) is 1.97. The van der Waals surface area contributed by atoms with Crippen LogP contribution in [0.1, 0.15) is 13.8 Å². The largest absolute Gasteiger partial charge is 0.490 e. The highest BCUT2D eigenvalue weighted by atomic mass is 35.5. The van der Waals surface area contributed by atoms with Crippen molar-refractivity contribution in [2.45, 2.75) is 13.8 Å². The first-order valence-corrected chi connectivity index (χ1v) is 8.30. The average Bonchev–Trinajstić information content (AvgIpc) is 2.53. The van der Waals surface area contributed by atoms with Crippen LogP contribution in [0.5, 0.6) is 5.75 Å². The summed E-state index contributed by atoms with van der Waals surface area (Å²) in [5.74, 6) is 0.699. The topological polar surface area (TPSA) is 12.5 Å². The lowest BCUT2D eigenvalue weighted by molar-refractivity contribution is 0.223. The Morgan fingerprint density at radius 2 is 1.68 bits per heavy atom. The lowest BCUT2D eigenvalue weighted by atomic mass is 10.0. The van der Waals surface area contributed by atoms with Crippen molar-refractivity contribution < 1.29 is 4.74 Å². The third-order valence-corrected chi connectivity index (χ3v) is 4.14. The number of halogens is 2. The molecule has 2 nitrogen and oxygen atoms in total. The molecule has 4 heteroatoms. The van der Waals surface area contributed by atoms with E-state index in [-0.39, 0.29) is 0 Å². The molecule has 0 aromatic heterocycles. The van der Waals surface area contributed by atoms with Crippen LogP contribution in [0.4, 0.5) is 0 Å². The van der Waals surface area contributed by atoms with Gasteiger partial charge in [0.25, 0.3) is 0 Å². The molecule has 0 aliphatic heterocycles. The first-order valence-electron chi connectivity index (χ1n) is 7.55. The van der Waals surface area contributed by atoms with E-state index in [9.17, 15) is 0 Å². The maximum atomic E-state index is 6.34. The fraction of sp³-hybridized carbons (Fsp3) is 0.333. The van der Waals surface area contributed by atoms with Crippen LogP contribution in [0.25, 0.3) is 11.1 Å². The summed E-state index contributed by atoms with van der Waals surface area (Å²) < 4.78 is 5.98. The summed E-state index contributed by atoms with van der Waals surface area (Å²) in [7, 11) is 0. The van der Waals surface area contributed by atoms with Crippen molar-refractivity contribution in [3.8, 4) is 16.9 Å². The second-order valence-electron chi connectivity index (χ2n) is 5.01. The van der Waals surface area contributed by atoms with E-state index in [1.807, 2.05) is 36.4 Å². The molecule has 0 fully saturated rings. The Balaban J connectivity index is 2.23. The Labute approximate surface area is 142 Å². The van der Waals surface area contributed by atoms with Crippen LogP contribution >= 0.6 is 23.2 Å². The molecule has 0 aliphatic carbocycles. The molecule has 0 radical (unpaired) electrons. The van der Waals surface area contributed by atoms with E-state index in [0.717, 1.165) is 30.8 Å². The van der Waals surface area contributed by atoms with Crippen LogP contribution in [0.2, 0.25) is 10.0 Å². The summed E-state index contributed by atoms with van der Waals surface area (Å²) in [6, 6.07) is 13.6. The van der Waals surface area contributed by atoms with Crippen molar-refractivity contribution in [1.82, 2.24) is 4.90 Å². The van der Waals surface area contributed by atoms with Gasteiger partial charge >= 0.3 is 0 Å². The molecule has 0 saturated carbocycles. The molecule has 2 rings (SSSR count). The van der Waals surface area contributed by atoms with Gasteiger partial charge in [0.05, 0.1) is 5.02 Å². The van der Waals surface area contributed by atoms with Crippen LogP contribution in [0, 0.1) is 0 Å². The van der Waals surface area contributed by atoms with Gasteiger partial charge in [0, 0.05) is 17.1 Å². The van der Waals surface area contributed by atoms with Crippen LogP contribution in [0.15, 0.2) is 42.5 Å². The van der Waals surface area contributed by atoms with E-state index >= 15 is 0 Å². The van der Waals surface area contributed by atoms with Crippen LogP contribution < -0.4 is 4.74 Å². The first kappa shape index (κ1) is 17.1. The second-order valence-corrected chi connectivity index (χ2v) is 5.85. The summed E-state index contributed by atoms with van der Waals surface area (Å²) in [5, 5.41) is 1.16. The van der Waals surface area contributed by atoms with Crippen molar-refractivity contribution in [2.75, 3.05) is 26.2 Å². The molecular weight excluding hydrogens is 317 g/mol. The Morgan fingerprint density at radius 1 is 1.00 bits per heavy atom. The number of ether oxygens (including phenoxy) is 1. The van der Waals surface area contributed by atoms with Crippen LogP contribution in [0.3, 0.4) is 0 Å². The summed E-state index contributed by atoms with van der Waals surface area (Å²) in [6.07, 6.45) is 0. The lowest BCUT2D eigenvalue weighted by Gasteiger charge is -2.19. The minimum Gasteiger partial charge on any atom is -0.490 e. The minimum atomic E-state index is 0.547. The predicted molar refractivity (Wildman–Crippen MR) is 95.2 cm³/mol. The van der Waals surface area contributed by atoms with Crippen molar-refractivity contribution >= 4 is 23.2 Å². The zero-order chi connectivity index (χ0) is 15.9. The highest BCUT2D eigenvalue weighted by Crippen LogP contribution is 2.38. The molecule has 118 valence electrons. The molecule has 2 aromatic rings. The van der Waals surface area contributed by atoms with E-state index in [2.05, 4.69) is 18.7 Å². The van der Waals surface area contributed by atoms with Gasteiger partial charge in [0.2, 0.25) is 0 Å². The minimum absolute atomic E-state index is 0.547. The summed E-state index contributed by atoms with van der Waals surface area (Å²) in [4.78, 5) is 2.31. The highest BCUT2D eigenvalue weighted by Gasteiger charge is 2.13. The van der Waals surface area contributed by atoms with Gasteiger partial charge in [-0.2, -0.15) is 0 Å². The molecule has 0 saturated heterocycles. The standard InChI is InChI=1S/C18H21Cl2NO/c1-3-21(4-2)10-11-22-18-16(12-15(19)13-17(18)20)14-8-6-5-7-9-14/h5-9,12-13H,3-4,10-11H2,1-2H3. The fourth-order valence-corrected chi connectivity index (χ4v) is 2.90. The fourth-order valence-electron chi connectivity index (χ4n) is 2.36. The molecule has 0 amide bonds. The Hall–Kier alpha value is -1.22. The third-order valence-electron chi connectivity index (χ3n) is 3.64.